The van der Waals surface area contributed by atoms with E-state index in [0.717, 1.165) is 50.0 Å². The Balaban J connectivity index is 1.27. The summed E-state index contributed by atoms with van der Waals surface area (Å²) in [6, 6.07) is 16.2. The second kappa shape index (κ2) is 11.8. The lowest BCUT2D eigenvalue weighted by atomic mass is 9.72. The number of hydrogen-bond acceptors (Lipinski definition) is 10. The molecule has 0 radical (unpaired) electrons. The number of aromatic nitrogens is 3. The van der Waals surface area contributed by atoms with Crippen LogP contribution in [-0.2, 0) is 28.2 Å². The van der Waals surface area contributed by atoms with E-state index in [9.17, 15) is 19.8 Å². The second-order valence-electron chi connectivity index (χ2n) is 15.3. The summed E-state index contributed by atoms with van der Waals surface area (Å²) < 4.78 is 22.2. The fourth-order valence-corrected chi connectivity index (χ4v) is 9.00. The van der Waals surface area contributed by atoms with Gasteiger partial charge in [-0.2, -0.15) is 0 Å². The zero-order valence-corrected chi connectivity index (χ0v) is 30.8. The van der Waals surface area contributed by atoms with Crippen LogP contribution in [0, 0.1) is 5.92 Å². The fourth-order valence-electron chi connectivity index (χ4n) is 9.00. The molecule has 4 atom stereocenters. The Labute approximate surface area is 315 Å². The SMILES string of the molecule is CCC(O)(CC)C(=O)N[C@H]1Cc2ccc3c(c2)[C@]24c5cccc(c5NC2O3)-c2cccc3c2c(cn3CO)-c2cnc(o2)-c2nc(oc24)[C@H](C(C)C)NC1=O. The van der Waals surface area contributed by atoms with Crippen LogP contribution in [0.25, 0.3) is 44.9 Å². The normalized spacial score (nSPS) is 21.7. The highest BCUT2D eigenvalue weighted by atomic mass is 16.5. The molecule has 3 aromatic heterocycles. The number of carbonyl (C=O) groups is 2. The van der Waals surface area contributed by atoms with Crippen molar-refractivity contribution in [2.45, 2.75) is 83.0 Å². The van der Waals surface area contributed by atoms with Crippen molar-refractivity contribution in [2.24, 2.45) is 5.92 Å². The first kappa shape index (κ1) is 33.6. The highest BCUT2D eigenvalue weighted by Gasteiger charge is 2.61. The average molecular weight is 741 g/mol. The largest absolute Gasteiger partial charge is 0.469 e. The first-order chi connectivity index (χ1) is 26.6. The van der Waals surface area contributed by atoms with Crippen molar-refractivity contribution in [1.29, 1.82) is 0 Å². The number of oxazole rings is 2. The third-order valence-electron chi connectivity index (χ3n) is 12.1. The third-order valence-corrected chi connectivity index (χ3v) is 12.1. The van der Waals surface area contributed by atoms with E-state index in [0.29, 0.717) is 23.0 Å². The third kappa shape index (κ3) is 4.53. The summed E-state index contributed by atoms with van der Waals surface area (Å²) in [7, 11) is 0. The van der Waals surface area contributed by atoms with E-state index in [1.165, 1.54) is 0 Å². The molecule has 10 bridgehead atoms. The van der Waals surface area contributed by atoms with Crippen molar-refractivity contribution in [3.05, 3.63) is 95.3 Å². The van der Waals surface area contributed by atoms with E-state index in [1.807, 2.05) is 56.4 Å². The number of nitrogens with one attached hydrogen (secondary N) is 3. The number of anilines is 1. The minimum Gasteiger partial charge on any atom is -0.469 e. The number of ether oxygens (including phenoxy) is 1. The molecule has 0 aliphatic carbocycles. The zero-order valence-electron chi connectivity index (χ0n) is 30.8. The molecule has 10 rings (SSSR count). The van der Waals surface area contributed by atoms with E-state index in [2.05, 4.69) is 34.1 Å². The van der Waals surface area contributed by atoms with Crippen LogP contribution in [0.4, 0.5) is 5.69 Å². The molecule has 55 heavy (non-hydrogen) atoms. The number of fused-ring (bicyclic) bond motifs is 7. The maximum absolute atomic E-state index is 14.3. The molecule has 4 aliphatic heterocycles. The standard InChI is InChI=1S/C42H40N6O7/c1-5-41(52,6-2)39(51)44-27-16-21-13-14-29-26(15-21)42-25-11-7-10-23(33(25)47-40(42)54-29)22-9-8-12-28-31(22)24(18-48(28)19-49)30-17-43-37(53-30)34-35(42)55-38(46-34)32(20(3)4)45-36(27)50/h7-15,17-18,20,27,32,40,47,49,52H,5-6,16,19H2,1-4H3,(H,44,51)(H,45,50)/t27-,32-,40?,42-/m0/s1. The number of carbonyl (C=O) groups excluding carboxylic acids is 2. The Kier molecular flexibility index (Phi) is 7.21. The summed E-state index contributed by atoms with van der Waals surface area (Å²) in [5.41, 5.74) is 4.39. The fraction of sp³-hybridized carbons (Fsp3) is 0.333. The number of para-hydroxylation sites is 1. The van der Waals surface area contributed by atoms with E-state index in [4.69, 9.17) is 23.5 Å². The van der Waals surface area contributed by atoms with Crippen LogP contribution in [0.1, 0.15) is 74.9 Å². The van der Waals surface area contributed by atoms with Gasteiger partial charge in [-0.15, -0.1) is 0 Å². The van der Waals surface area contributed by atoms with Crippen LogP contribution in [0.15, 0.2) is 75.8 Å². The summed E-state index contributed by atoms with van der Waals surface area (Å²) in [6.07, 6.45) is 3.38. The summed E-state index contributed by atoms with van der Waals surface area (Å²) in [5, 5.41) is 32.2. The summed E-state index contributed by atoms with van der Waals surface area (Å²) in [6.45, 7) is 7.17. The van der Waals surface area contributed by atoms with Crippen LogP contribution < -0.4 is 20.7 Å². The van der Waals surface area contributed by atoms with Crippen molar-refractivity contribution >= 4 is 28.4 Å². The van der Waals surface area contributed by atoms with Crippen molar-refractivity contribution in [3.8, 4) is 39.8 Å². The van der Waals surface area contributed by atoms with Crippen molar-refractivity contribution in [2.75, 3.05) is 5.32 Å². The summed E-state index contributed by atoms with van der Waals surface area (Å²) in [5.74, 6) is 0.783. The zero-order chi connectivity index (χ0) is 38.0. The lowest BCUT2D eigenvalue weighted by Crippen LogP contribution is -2.55. The van der Waals surface area contributed by atoms with Gasteiger partial charge in [0, 0.05) is 45.9 Å². The first-order valence-electron chi connectivity index (χ1n) is 18.8. The lowest BCUT2D eigenvalue weighted by Gasteiger charge is -2.30. The molecule has 7 heterocycles. The molecule has 0 saturated heterocycles. The predicted molar refractivity (Wildman–Crippen MR) is 202 cm³/mol. The highest BCUT2D eigenvalue weighted by molar-refractivity contribution is 6.08. The molecule has 1 spiro atoms. The molecule has 4 aliphatic rings. The average Bonchev–Trinajstić information content (AvgIpc) is 4.01. The van der Waals surface area contributed by atoms with Crippen LogP contribution >= 0.6 is 0 Å². The monoisotopic (exact) mass is 740 g/mol. The van der Waals surface area contributed by atoms with Crippen molar-refractivity contribution in [1.82, 2.24) is 25.2 Å². The molecule has 280 valence electrons. The van der Waals surface area contributed by atoms with Gasteiger partial charge in [-0.25, -0.2) is 9.97 Å². The smallest absolute Gasteiger partial charge is 0.252 e. The number of aliphatic hydroxyl groups is 2. The minimum atomic E-state index is -1.63. The molecule has 1 unspecified atom stereocenters. The molecule has 6 aromatic rings. The Morgan fingerprint density at radius 3 is 2.64 bits per heavy atom. The maximum Gasteiger partial charge on any atom is 0.252 e. The Morgan fingerprint density at radius 1 is 1.05 bits per heavy atom. The first-order valence-corrected chi connectivity index (χ1v) is 18.8. The maximum atomic E-state index is 14.3. The lowest BCUT2D eigenvalue weighted by molar-refractivity contribution is -0.143. The summed E-state index contributed by atoms with van der Waals surface area (Å²) >= 11 is 0. The van der Waals surface area contributed by atoms with Crippen molar-refractivity contribution in [3.63, 3.8) is 0 Å². The highest BCUT2D eigenvalue weighted by Crippen LogP contribution is 2.61. The number of nitrogens with zero attached hydrogens (tertiary/aromatic N) is 3. The molecule has 5 N–H and O–H groups in total. The number of hydrogen-bond donors (Lipinski definition) is 5. The van der Waals surface area contributed by atoms with Gasteiger partial charge in [0.2, 0.25) is 17.7 Å². The van der Waals surface area contributed by atoms with Gasteiger partial charge in [0.05, 0.1) is 11.7 Å². The van der Waals surface area contributed by atoms with Crippen LogP contribution in [0.5, 0.6) is 5.75 Å². The quantitative estimate of drug-likeness (QED) is 0.141. The van der Waals surface area contributed by atoms with Gasteiger partial charge in [-0.3, -0.25) is 9.59 Å². The molecule has 13 nitrogen and oxygen atoms in total. The summed E-state index contributed by atoms with van der Waals surface area (Å²) in [4.78, 5) is 37.8. The van der Waals surface area contributed by atoms with Crippen LogP contribution in [-0.4, -0.2) is 54.4 Å². The van der Waals surface area contributed by atoms with Gasteiger partial charge in [0.25, 0.3) is 5.91 Å². The minimum absolute atomic E-state index is 0.148. The van der Waals surface area contributed by atoms with Gasteiger partial charge < -0.3 is 44.3 Å². The number of benzene rings is 3. The Bertz CT molecular complexity index is 2580. The van der Waals surface area contributed by atoms with E-state index < -0.39 is 41.1 Å². The Morgan fingerprint density at radius 2 is 1.85 bits per heavy atom. The number of amides is 2. The second-order valence-corrected chi connectivity index (χ2v) is 15.3. The van der Waals surface area contributed by atoms with Crippen molar-refractivity contribution < 1.29 is 33.4 Å². The van der Waals surface area contributed by atoms with Gasteiger partial charge >= 0.3 is 0 Å². The van der Waals surface area contributed by atoms with E-state index in [1.54, 1.807) is 24.6 Å². The van der Waals surface area contributed by atoms with Crippen LogP contribution in [0.3, 0.4) is 0 Å². The molecule has 0 saturated carbocycles. The molecule has 3 aromatic carbocycles. The molecule has 0 fully saturated rings. The van der Waals surface area contributed by atoms with Gasteiger partial charge in [0.15, 0.2) is 23.4 Å². The molecule has 2 amide bonds. The van der Waals surface area contributed by atoms with Gasteiger partial charge in [0.1, 0.15) is 35.6 Å². The Hall–Kier alpha value is -5.92. The van der Waals surface area contributed by atoms with E-state index >= 15 is 0 Å². The predicted octanol–water partition coefficient (Wildman–Crippen LogP) is 5.77. The molecular weight excluding hydrogens is 700 g/mol. The number of rotatable bonds is 6. The number of aliphatic hydroxyl groups excluding tert-OH is 1. The topological polar surface area (TPSA) is 177 Å². The van der Waals surface area contributed by atoms with E-state index in [-0.39, 0.29) is 43.7 Å². The van der Waals surface area contributed by atoms with Crippen LogP contribution in [0.2, 0.25) is 0 Å². The van der Waals surface area contributed by atoms with Gasteiger partial charge in [-0.1, -0.05) is 70.2 Å². The molecular formula is C42H40N6O7. The molecule has 13 heteroatoms. The van der Waals surface area contributed by atoms with Gasteiger partial charge in [-0.05, 0) is 42.0 Å².